The van der Waals surface area contributed by atoms with Crippen LogP contribution in [-0.2, 0) is 0 Å². The molecule has 2 aliphatic heterocycles. The summed E-state index contributed by atoms with van der Waals surface area (Å²) >= 11 is 0. The maximum absolute atomic E-state index is 14.0. The molecule has 106 valence electrons. The maximum atomic E-state index is 14.0. The molecule has 2 aliphatic rings. The Morgan fingerprint density at radius 1 is 1.32 bits per heavy atom. The standard InChI is InChI=1S/C14H18FNO.C2H6/c1-9(2)16-8-4-7-12-14(16)13-10(15)5-3-6-11(13)17-12;1-2/h3,5-6,9,12,14H,4,7-8H2,1-2H3;1-2H3. The van der Waals surface area contributed by atoms with Crippen molar-refractivity contribution in [2.24, 2.45) is 0 Å². The smallest absolute Gasteiger partial charge is 0.131 e. The fraction of sp³-hybridized carbons (Fsp3) is 0.625. The molecule has 1 saturated heterocycles. The van der Waals surface area contributed by atoms with Gasteiger partial charge in [0.15, 0.2) is 0 Å². The molecule has 0 aliphatic carbocycles. The van der Waals surface area contributed by atoms with Gasteiger partial charge in [0.05, 0.1) is 11.6 Å². The molecule has 1 aromatic rings. The summed E-state index contributed by atoms with van der Waals surface area (Å²) in [5, 5.41) is 0. The van der Waals surface area contributed by atoms with Crippen molar-refractivity contribution < 1.29 is 9.13 Å². The number of piperidine rings is 1. The fourth-order valence-corrected chi connectivity index (χ4v) is 3.11. The third kappa shape index (κ3) is 2.48. The molecule has 2 nitrogen and oxygen atoms in total. The molecule has 0 N–H and O–H groups in total. The highest BCUT2D eigenvalue weighted by Crippen LogP contribution is 2.45. The van der Waals surface area contributed by atoms with E-state index in [4.69, 9.17) is 4.74 Å². The molecular formula is C16H24FNO. The van der Waals surface area contributed by atoms with Crippen LogP contribution in [0.2, 0.25) is 0 Å². The summed E-state index contributed by atoms with van der Waals surface area (Å²) in [4.78, 5) is 2.36. The van der Waals surface area contributed by atoms with E-state index in [0.29, 0.717) is 6.04 Å². The van der Waals surface area contributed by atoms with Gasteiger partial charge >= 0.3 is 0 Å². The van der Waals surface area contributed by atoms with E-state index in [-0.39, 0.29) is 18.0 Å². The van der Waals surface area contributed by atoms with E-state index in [1.165, 1.54) is 6.07 Å². The lowest BCUT2D eigenvalue weighted by molar-refractivity contribution is 0.0318. The average Bonchev–Trinajstić information content (AvgIpc) is 2.80. The van der Waals surface area contributed by atoms with E-state index in [1.807, 2.05) is 19.9 Å². The normalized spacial score (nSPS) is 25.2. The lowest BCUT2D eigenvalue weighted by Crippen LogP contribution is -2.44. The first-order valence-corrected chi connectivity index (χ1v) is 7.39. The Balaban J connectivity index is 0.000000637. The number of likely N-dealkylation sites (tertiary alicyclic amines) is 1. The third-order valence-electron chi connectivity index (χ3n) is 3.86. The lowest BCUT2D eigenvalue weighted by atomic mass is 9.93. The highest BCUT2D eigenvalue weighted by atomic mass is 19.1. The second kappa shape index (κ2) is 5.91. The first-order chi connectivity index (χ1) is 9.18. The van der Waals surface area contributed by atoms with Crippen molar-refractivity contribution in [2.75, 3.05) is 6.54 Å². The molecule has 1 aromatic carbocycles. The second-order valence-corrected chi connectivity index (χ2v) is 5.23. The van der Waals surface area contributed by atoms with E-state index in [1.54, 1.807) is 6.07 Å². The van der Waals surface area contributed by atoms with Crippen molar-refractivity contribution in [1.29, 1.82) is 0 Å². The van der Waals surface area contributed by atoms with Crippen molar-refractivity contribution in [3.05, 3.63) is 29.6 Å². The van der Waals surface area contributed by atoms with Gasteiger partial charge in [-0.3, -0.25) is 4.90 Å². The van der Waals surface area contributed by atoms with Crippen LogP contribution >= 0.6 is 0 Å². The van der Waals surface area contributed by atoms with Gasteiger partial charge in [0, 0.05) is 6.04 Å². The molecule has 0 spiro atoms. The monoisotopic (exact) mass is 265 g/mol. The number of ether oxygens (including phenoxy) is 1. The van der Waals surface area contributed by atoms with Gasteiger partial charge in [-0.1, -0.05) is 19.9 Å². The number of fused-ring (bicyclic) bond motifs is 3. The molecule has 0 aromatic heterocycles. The molecular weight excluding hydrogens is 241 g/mol. The lowest BCUT2D eigenvalue weighted by Gasteiger charge is -2.39. The Morgan fingerprint density at radius 3 is 2.74 bits per heavy atom. The van der Waals surface area contributed by atoms with Gasteiger partial charge < -0.3 is 4.74 Å². The minimum absolute atomic E-state index is 0.111. The van der Waals surface area contributed by atoms with Gasteiger partial charge in [-0.25, -0.2) is 4.39 Å². The van der Waals surface area contributed by atoms with Crippen molar-refractivity contribution in [3.8, 4) is 5.75 Å². The topological polar surface area (TPSA) is 12.5 Å². The molecule has 0 radical (unpaired) electrons. The second-order valence-electron chi connectivity index (χ2n) is 5.23. The predicted molar refractivity (Wildman–Crippen MR) is 76.0 cm³/mol. The molecule has 3 heteroatoms. The summed E-state index contributed by atoms with van der Waals surface area (Å²) in [5.74, 6) is 0.620. The molecule has 3 rings (SSSR count). The molecule has 0 amide bonds. The van der Waals surface area contributed by atoms with Gasteiger partial charge in [0.25, 0.3) is 0 Å². The number of hydrogen-bond acceptors (Lipinski definition) is 2. The SMILES string of the molecule is CC.CC(C)N1CCCC2Oc3cccc(F)c3C21. The summed E-state index contributed by atoms with van der Waals surface area (Å²) in [6.45, 7) is 9.37. The summed E-state index contributed by atoms with van der Waals surface area (Å²) in [5.41, 5.74) is 0.769. The Kier molecular flexibility index (Phi) is 4.46. The number of halogens is 1. The van der Waals surface area contributed by atoms with E-state index < -0.39 is 0 Å². The number of hydrogen-bond donors (Lipinski definition) is 0. The fourth-order valence-electron chi connectivity index (χ4n) is 3.11. The van der Waals surface area contributed by atoms with E-state index in [9.17, 15) is 4.39 Å². The van der Waals surface area contributed by atoms with Crippen LogP contribution in [0.4, 0.5) is 4.39 Å². The number of nitrogens with zero attached hydrogens (tertiary/aromatic N) is 1. The molecule has 2 atom stereocenters. The average molecular weight is 265 g/mol. The van der Waals surface area contributed by atoms with Crippen LogP contribution in [0.5, 0.6) is 5.75 Å². The zero-order valence-corrected chi connectivity index (χ0v) is 12.3. The first kappa shape index (κ1) is 14.3. The largest absolute Gasteiger partial charge is 0.488 e. The van der Waals surface area contributed by atoms with E-state index in [0.717, 1.165) is 30.7 Å². The molecule has 0 bridgehead atoms. The number of rotatable bonds is 1. The quantitative estimate of drug-likeness (QED) is 0.756. The van der Waals surface area contributed by atoms with Crippen molar-refractivity contribution >= 4 is 0 Å². The van der Waals surface area contributed by atoms with E-state index >= 15 is 0 Å². The van der Waals surface area contributed by atoms with Crippen LogP contribution in [0.3, 0.4) is 0 Å². The van der Waals surface area contributed by atoms with Crippen molar-refractivity contribution in [3.63, 3.8) is 0 Å². The van der Waals surface area contributed by atoms with Gasteiger partial charge in [0.2, 0.25) is 0 Å². The van der Waals surface area contributed by atoms with Crippen LogP contribution in [-0.4, -0.2) is 23.6 Å². The summed E-state index contributed by atoms with van der Waals surface area (Å²) in [6.07, 6.45) is 2.30. The van der Waals surface area contributed by atoms with Crippen LogP contribution in [0.1, 0.15) is 52.1 Å². The minimum atomic E-state index is -0.123. The molecule has 2 unspecified atom stereocenters. The van der Waals surface area contributed by atoms with E-state index in [2.05, 4.69) is 18.7 Å². The van der Waals surface area contributed by atoms with Gasteiger partial charge in [0.1, 0.15) is 17.7 Å². The predicted octanol–water partition coefficient (Wildman–Crippen LogP) is 4.16. The Hall–Kier alpha value is -1.09. The van der Waals surface area contributed by atoms with Gasteiger partial charge in [-0.15, -0.1) is 0 Å². The minimum Gasteiger partial charge on any atom is -0.488 e. The van der Waals surface area contributed by atoms with Gasteiger partial charge in [-0.2, -0.15) is 0 Å². The van der Waals surface area contributed by atoms with Gasteiger partial charge in [-0.05, 0) is 45.4 Å². The van der Waals surface area contributed by atoms with Crippen LogP contribution in [0, 0.1) is 5.82 Å². The summed E-state index contributed by atoms with van der Waals surface area (Å²) in [6, 6.07) is 5.69. The highest BCUT2D eigenvalue weighted by Gasteiger charge is 2.43. The highest BCUT2D eigenvalue weighted by molar-refractivity contribution is 5.42. The molecule has 1 fully saturated rings. The Bertz CT molecular complexity index is 433. The molecule has 0 saturated carbocycles. The number of benzene rings is 1. The first-order valence-electron chi connectivity index (χ1n) is 7.39. The van der Waals surface area contributed by atoms with Crippen LogP contribution in [0.15, 0.2) is 18.2 Å². The van der Waals surface area contributed by atoms with Crippen molar-refractivity contribution in [2.45, 2.75) is 58.7 Å². The zero-order chi connectivity index (χ0) is 14.0. The van der Waals surface area contributed by atoms with Crippen LogP contribution < -0.4 is 4.74 Å². The summed E-state index contributed by atoms with van der Waals surface area (Å²) in [7, 11) is 0. The van der Waals surface area contributed by atoms with Crippen molar-refractivity contribution in [1.82, 2.24) is 4.90 Å². The van der Waals surface area contributed by atoms with Crippen LogP contribution in [0.25, 0.3) is 0 Å². The third-order valence-corrected chi connectivity index (χ3v) is 3.86. The zero-order valence-electron chi connectivity index (χ0n) is 12.3. The Labute approximate surface area is 115 Å². The Morgan fingerprint density at radius 2 is 2.05 bits per heavy atom. The molecule has 2 heterocycles. The molecule has 19 heavy (non-hydrogen) atoms. The summed E-state index contributed by atoms with van der Waals surface area (Å²) < 4.78 is 19.9. The maximum Gasteiger partial charge on any atom is 0.131 e.